The highest BCUT2D eigenvalue weighted by Gasteiger charge is 2.37. The highest BCUT2D eigenvalue weighted by atomic mass is 15.1. The smallest absolute Gasteiger partial charge is 0.353 e. The third-order valence-electron chi connectivity index (χ3n) is 4.95. The van der Waals surface area contributed by atoms with Crippen LogP contribution >= 0.6 is 0 Å². The van der Waals surface area contributed by atoms with Gasteiger partial charge in [0.25, 0.3) is 0 Å². The van der Waals surface area contributed by atoms with Crippen LogP contribution in [0.15, 0.2) is 23.4 Å². The number of hydrogen-bond acceptors (Lipinski definition) is 0. The third kappa shape index (κ3) is 1.68. The summed E-state index contributed by atoms with van der Waals surface area (Å²) in [4.78, 5) is 0. The number of aromatic nitrogens is 1. The zero-order chi connectivity index (χ0) is 14.8. The molecule has 0 aromatic carbocycles. The normalized spacial score (nSPS) is 18.4. The molecule has 0 saturated heterocycles. The maximum atomic E-state index is 2.59. The van der Waals surface area contributed by atoms with Crippen molar-refractivity contribution in [1.29, 1.82) is 0 Å². The molecule has 3 rings (SSSR count). The molecule has 106 valence electrons. The second-order valence-electron chi connectivity index (χ2n) is 7.58. The van der Waals surface area contributed by atoms with Crippen LogP contribution in [0.25, 0.3) is 5.57 Å². The lowest BCUT2D eigenvalue weighted by molar-refractivity contribution is -0.316. The van der Waals surface area contributed by atoms with Crippen LogP contribution in [0.5, 0.6) is 0 Å². The summed E-state index contributed by atoms with van der Waals surface area (Å²) < 4.78 is 5.19. The van der Waals surface area contributed by atoms with Gasteiger partial charge >= 0.3 is 7.55 Å². The van der Waals surface area contributed by atoms with Crippen molar-refractivity contribution in [2.45, 2.75) is 48.5 Å². The molecule has 20 heavy (non-hydrogen) atoms. The van der Waals surface area contributed by atoms with Crippen molar-refractivity contribution in [3.63, 3.8) is 0 Å². The van der Waals surface area contributed by atoms with Gasteiger partial charge in [0.05, 0.1) is 0 Å². The number of rotatable bonds is 0. The fourth-order valence-corrected chi connectivity index (χ4v) is 4.11. The molecule has 0 spiro atoms. The summed E-state index contributed by atoms with van der Waals surface area (Å²) >= 11 is 0. The Morgan fingerprint density at radius 1 is 1.10 bits per heavy atom. The van der Waals surface area contributed by atoms with E-state index in [4.69, 9.17) is 0 Å². The first kappa shape index (κ1) is 13.5. The Morgan fingerprint density at radius 3 is 2.35 bits per heavy atom. The first-order valence-electron chi connectivity index (χ1n) is 7.69. The van der Waals surface area contributed by atoms with Crippen molar-refractivity contribution >= 4 is 18.8 Å². The molecule has 0 N–H and O–H groups in total. The molecule has 0 fully saturated rings. The van der Waals surface area contributed by atoms with Crippen LogP contribution in [0.3, 0.4) is 0 Å². The largest absolute Gasteiger partial charge is 0.464 e. The standard InChI is InChI=1S/C17H25BN2/c1-10-8-12(3)19-15(10)14(17(5,6)7)16-11(2)9-13(4)20(16)18-19/h8-9H,18H2,1-7H3. The van der Waals surface area contributed by atoms with Crippen LogP contribution in [0.2, 0.25) is 0 Å². The van der Waals surface area contributed by atoms with Gasteiger partial charge in [0.15, 0.2) is 5.70 Å². The van der Waals surface area contributed by atoms with E-state index in [0.29, 0.717) is 0 Å². The third-order valence-corrected chi connectivity index (χ3v) is 4.95. The van der Waals surface area contributed by atoms with Crippen LogP contribution in [0, 0.1) is 19.3 Å². The number of fused-ring (bicyclic) bond motifs is 2. The summed E-state index contributed by atoms with van der Waals surface area (Å²) in [5.74, 6) is 0. The molecule has 0 saturated carbocycles. The Morgan fingerprint density at radius 2 is 1.75 bits per heavy atom. The van der Waals surface area contributed by atoms with Crippen LogP contribution in [-0.2, 0) is 0 Å². The molecule has 2 aliphatic heterocycles. The van der Waals surface area contributed by atoms with E-state index < -0.39 is 0 Å². The monoisotopic (exact) mass is 268 g/mol. The van der Waals surface area contributed by atoms with Crippen molar-refractivity contribution in [1.82, 2.24) is 4.48 Å². The Balaban J connectivity index is 2.42. The van der Waals surface area contributed by atoms with Crippen LogP contribution in [-0.4, -0.2) is 22.2 Å². The zero-order valence-electron chi connectivity index (χ0n) is 14.0. The van der Waals surface area contributed by atoms with Gasteiger partial charge in [-0.2, -0.15) is 0 Å². The van der Waals surface area contributed by atoms with Crippen molar-refractivity contribution in [2.75, 3.05) is 0 Å². The molecule has 0 unspecified atom stereocenters. The molecule has 1 aromatic heterocycles. The molecule has 0 bridgehead atoms. The van der Waals surface area contributed by atoms with E-state index >= 15 is 0 Å². The summed E-state index contributed by atoms with van der Waals surface area (Å²) in [5, 5.41) is 0. The van der Waals surface area contributed by atoms with E-state index in [-0.39, 0.29) is 13.0 Å². The first-order chi connectivity index (χ1) is 9.21. The quantitative estimate of drug-likeness (QED) is 0.639. The van der Waals surface area contributed by atoms with E-state index in [1.165, 1.54) is 39.5 Å². The number of hydrogen-bond donors (Lipinski definition) is 0. The minimum absolute atomic E-state index is 0.160. The lowest BCUT2D eigenvalue weighted by Crippen LogP contribution is -2.34. The zero-order valence-corrected chi connectivity index (χ0v) is 14.0. The predicted molar refractivity (Wildman–Crippen MR) is 88.9 cm³/mol. The van der Waals surface area contributed by atoms with Gasteiger partial charge in [0.1, 0.15) is 5.71 Å². The average Bonchev–Trinajstić information content (AvgIpc) is 2.76. The molecular formula is C17H25BN2. The molecule has 0 radical (unpaired) electrons. The van der Waals surface area contributed by atoms with Crippen LogP contribution in [0.1, 0.15) is 51.6 Å². The number of nitrogens with zero attached hydrogens (tertiary/aromatic N) is 2. The minimum Gasteiger partial charge on any atom is -0.464 e. The van der Waals surface area contributed by atoms with E-state index in [1.54, 1.807) is 0 Å². The van der Waals surface area contributed by atoms with Crippen molar-refractivity contribution in [3.05, 3.63) is 40.4 Å². The maximum Gasteiger partial charge on any atom is 0.353 e. The molecule has 0 amide bonds. The molecule has 3 heterocycles. The van der Waals surface area contributed by atoms with Gasteiger partial charge < -0.3 is 8.96 Å². The van der Waals surface area contributed by atoms with Crippen molar-refractivity contribution in [3.8, 4) is 0 Å². The fourth-order valence-electron chi connectivity index (χ4n) is 4.11. The van der Waals surface area contributed by atoms with E-state index in [9.17, 15) is 0 Å². The summed E-state index contributed by atoms with van der Waals surface area (Å²) in [6.07, 6.45) is 2.35. The maximum absolute atomic E-state index is 2.59. The molecule has 2 nitrogen and oxygen atoms in total. The van der Waals surface area contributed by atoms with Gasteiger partial charge in [-0.15, -0.1) is 0 Å². The van der Waals surface area contributed by atoms with Crippen molar-refractivity contribution < 1.29 is 4.49 Å². The number of allylic oxidation sites excluding steroid dienone is 3. The summed E-state index contributed by atoms with van der Waals surface area (Å²) in [7, 11) is -0.345. The highest BCUT2D eigenvalue weighted by Crippen LogP contribution is 2.44. The van der Waals surface area contributed by atoms with Gasteiger partial charge in [0.2, 0.25) is 0 Å². The summed E-state index contributed by atoms with van der Waals surface area (Å²) in [6.45, 7) is 16.0. The molecular weight excluding hydrogens is 243 g/mol. The van der Waals surface area contributed by atoms with E-state index in [1.807, 2.05) is 0 Å². The molecule has 1 aromatic rings. The summed E-state index contributed by atoms with van der Waals surface area (Å²) in [6, 6.07) is 2.35. The van der Waals surface area contributed by atoms with Crippen LogP contribution < -0.4 is 0 Å². The van der Waals surface area contributed by atoms with Crippen LogP contribution in [0.4, 0.5) is 0 Å². The van der Waals surface area contributed by atoms with Gasteiger partial charge in [-0.05, 0) is 43.5 Å². The van der Waals surface area contributed by atoms with Gasteiger partial charge in [0, 0.05) is 29.8 Å². The second-order valence-corrected chi connectivity index (χ2v) is 7.58. The van der Waals surface area contributed by atoms with E-state index in [0.717, 1.165) is 0 Å². The molecule has 0 aliphatic carbocycles. The summed E-state index contributed by atoms with van der Waals surface area (Å²) in [5.41, 5.74) is 10.3. The lowest BCUT2D eigenvalue weighted by Gasteiger charge is -2.34. The number of aryl methyl sites for hydroxylation is 2. The van der Waals surface area contributed by atoms with Gasteiger partial charge in [-0.1, -0.05) is 20.8 Å². The molecule has 3 heteroatoms. The molecule has 2 aliphatic rings. The van der Waals surface area contributed by atoms with Gasteiger partial charge in [-0.3, -0.25) is 0 Å². The Labute approximate surface area is 122 Å². The SMILES string of the molecule is CC1=CC(C)=[N+]2[BH2-]n3c(C)cc(C)c3C(C(C)(C)C)=C12. The topological polar surface area (TPSA) is 7.94 Å². The van der Waals surface area contributed by atoms with E-state index in [2.05, 4.69) is 69.6 Å². The Bertz CT molecular complexity index is 706. The molecule has 0 atom stereocenters. The average molecular weight is 268 g/mol. The second kappa shape index (κ2) is 4.00. The first-order valence-corrected chi connectivity index (χ1v) is 7.69. The van der Waals surface area contributed by atoms with Crippen molar-refractivity contribution in [2.24, 2.45) is 5.41 Å². The minimum atomic E-state index is -0.345. The predicted octanol–water partition coefficient (Wildman–Crippen LogP) is 3.16. The fraction of sp³-hybridized carbons (Fsp3) is 0.471. The Kier molecular flexibility index (Phi) is 2.70. The highest BCUT2D eigenvalue weighted by molar-refractivity contribution is 6.29. The lowest BCUT2D eigenvalue weighted by atomic mass is 9.78. The Hall–Kier alpha value is -1.51. The van der Waals surface area contributed by atoms with Gasteiger partial charge in [-0.25, -0.2) is 0 Å².